The molecule has 0 saturated carbocycles. The quantitative estimate of drug-likeness (QED) is 0.289. The predicted octanol–water partition coefficient (Wildman–Crippen LogP) is 3.62. The molecule has 0 bridgehead atoms. The lowest BCUT2D eigenvalue weighted by molar-refractivity contribution is 0.0589. The fourth-order valence-corrected chi connectivity index (χ4v) is 3.51. The summed E-state index contributed by atoms with van der Waals surface area (Å²) < 4.78 is 6.84. The molecular formula is C22H19N3O3. The molecule has 0 aliphatic carbocycles. The number of rotatable bonds is 4. The van der Waals surface area contributed by atoms with Gasteiger partial charge in [0, 0.05) is 23.0 Å². The number of hydrogen-bond donors (Lipinski definition) is 3. The van der Waals surface area contributed by atoms with Gasteiger partial charge in [-0.05, 0) is 40.6 Å². The van der Waals surface area contributed by atoms with Crippen LogP contribution < -0.4 is 5.73 Å². The zero-order chi connectivity index (χ0) is 19.8. The van der Waals surface area contributed by atoms with Gasteiger partial charge in [0.2, 0.25) is 0 Å². The second-order valence-corrected chi connectivity index (χ2v) is 6.62. The molecule has 6 heteroatoms. The van der Waals surface area contributed by atoms with Crippen LogP contribution in [0.4, 0.5) is 0 Å². The average Bonchev–Trinajstić information content (AvgIpc) is 3.05. The Balaban J connectivity index is 1.93. The number of nitrogens with zero attached hydrogens (tertiary/aromatic N) is 1. The lowest BCUT2D eigenvalue weighted by Crippen LogP contribution is -2.13. The number of hydrogen-bond acceptors (Lipinski definition) is 4. The van der Waals surface area contributed by atoms with Crippen molar-refractivity contribution in [3.05, 3.63) is 77.5 Å². The standard InChI is InChI=1S/C22H19N3O3/c1-28-22(27)20-10-14-5-6-15(21(23)24)11-19(14)25(20)12-16-4-2-3-13-9-17(26)7-8-18(13)16/h2-11,26H,12H2,1H3,(H3,23,24). The van der Waals surface area contributed by atoms with Gasteiger partial charge in [0.1, 0.15) is 17.3 Å². The van der Waals surface area contributed by atoms with Crippen molar-refractivity contribution in [3.63, 3.8) is 0 Å². The molecule has 1 heterocycles. The summed E-state index contributed by atoms with van der Waals surface area (Å²) in [5.41, 5.74) is 8.45. The molecule has 0 aliphatic heterocycles. The van der Waals surface area contributed by atoms with E-state index in [2.05, 4.69) is 0 Å². The number of phenols is 1. The van der Waals surface area contributed by atoms with E-state index < -0.39 is 5.97 Å². The van der Waals surface area contributed by atoms with Gasteiger partial charge in [-0.25, -0.2) is 4.79 Å². The number of fused-ring (bicyclic) bond motifs is 2. The normalized spacial score (nSPS) is 11.0. The fourth-order valence-electron chi connectivity index (χ4n) is 3.51. The minimum atomic E-state index is -0.432. The number of ether oxygens (including phenoxy) is 1. The Hall–Kier alpha value is -3.80. The summed E-state index contributed by atoms with van der Waals surface area (Å²) >= 11 is 0. The summed E-state index contributed by atoms with van der Waals surface area (Å²) in [7, 11) is 1.35. The second kappa shape index (κ2) is 6.74. The number of benzene rings is 3. The first-order valence-corrected chi connectivity index (χ1v) is 8.74. The number of amidine groups is 1. The maximum Gasteiger partial charge on any atom is 0.354 e. The van der Waals surface area contributed by atoms with E-state index in [1.54, 1.807) is 30.3 Å². The lowest BCUT2D eigenvalue weighted by Gasteiger charge is -2.13. The van der Waals surface area contributed by atoms with Crippen molar-refractivity contribution in [2.45, 2.75) is 6.54 Å². The number of nitrogen functional groups attached to an aromatic ring is 1. The van der Waals surface area contributed by atoms with Gasteiger partial charge in [-0.15, -0.1) is 0 Å². The zero-order valence-corrected chi connectivity index (χ0v) is 15.3. The molecule has 3 aromatic carbocycles. The number of carbonyl (C=O) groups excluding carboxylic acids is 1. The number of esters is 1. The Morgan fingerprint density at radius 1 is 1.11 bits per heavy atom. The third-order valence-corrected chi connectivity index (χ3v) is 4.89. The molecular weight excluding hydrogens is 354 g/mol. The van der Waals surface area contributed by atoms with Crippen LogP contribution in [0, 0.1) is 5.41 Å². The van der Waals surface area contributed by atoms with Gasteiger partial charge in [0.25, 0.3) is 0 Å². The van der Waals surface area contributed by atoms with Gasteiger partial charge in [0.05, 0.1) is 7.11 Å². The molecule has 1 aromatic heterocycles. The number of nitrogens with two attached hydrogens (primary N) is 1. The molecule has 140 valence electrons. The summed E-state index contributed by atoms with van der Waals surface area (Å²) in [6, 6.07) is 18.3. The van der Waals surface area contributed by atoms with Crippen LogP contribution >= 0.6 is 0 Å². The monoisotopic (exact) mass is 373 g/mol. The first-order valence-electron chi connectivity index (χ1n) is 8.74. The van der Waals surface area contributed by atoms with Crippen LogP contribution in [0.25, 0.3) is 21.7 Å². The number of aromatic nitrogens is 1. The third kappa shape index (κ3) is 2.95. The Kier molecular flexibility index (Phi) is 4.24. The molecule has 0 unspecified atom stereocenters. The molecule has 0 amide bonds. The number of carbonyl (C=O) groups is 1. The first kappa shape index (κ1) is 17.6. The van der Waals surface area contributed by atoms with Crippen LogP contribution in [-0.4, -0.2) is 28.6 Å². The summed E-state index contributed by atoms with van der Waals surface area (Å²) in [5.74, 6) is -0.259. The van der Waals surface area contributed by atoms with Gasteiger partial charge in [-0.3, -0.25) is 5.41 Å². The number of methoxy groups -OCH3 is 1. The molecule has 0 fully saturated rings. The van der Waals surface area contributed by atoms with Crippen LogP contribution in [0.2, 0.25) is 0 Å². The van der Waals surface area contributed by atoms with Crippen molar-refractivity contribution >= 4 is 33.5 Å². The summed E-state index contributed by atoms with van der Waals surface area (Å²) in [6.07, 6.45) is 0. The van der Waals surface area contributed by atoms with E-state index in [1.165, 1.54) is 7.11 Å². The maximum absolute atomic E-state index is 12.4. The van der Waals surface area contributed by atoms with Crippen molar-refractivity contribution in [1.29, 1.82) is 5.41 Å². The SMILES string of the molecule is COC(=O)c1cc2ccc(C(=N)N)cc2n1Cc1cccc2cc(O)ccc12. The van der Waals surface area contributed by atoms with Crippen molar-refractivity contribution < 1.29 is 14.6 Å². The number of phenolic OH excluding ortho intramolecular Hbond substituents is 1. The van der Waals surface area contributed by atoms with E-state index in [1.807, 2.05) is 34.9 Å². The minimum Gasteiger partial charge on any atom is -0.508 e. The van der Waals surface area contributed by atoms with Gasteiger partial charge < -0.3 is 20.1 Å². The highest BCUT2D eigenvalue weighted by Crippen LogP contribution is 2.27. The fraction of sp³-hybridized carbons (Fsp3) is 0.0909. The second-order valence-electron chi connectivity index (χ2n) is 6.62. The zero-order valence-electron chi connectivity index (χ0n) is 15.3. The summed E-state index contributed by atoms with van der Waals surface area (Å²) in [5, 5.41) is 20.2. The predicted molar refractivity (Wildman–Crippen MR) is 109 cm³/mol. The molecule has 4 rings (SSSR count). The van der Waals surface area contributed by atoms with Crippen LogP contribution in [0.1, 0.15) is 21.6 Å². The van der Waals surface area contributed by atoms with Crippen molar-refractivity contribution in [3.8, 4) is 5.75 Å². The van der Waals surface area contributed by atoms with Gasteiger partial charge >= 0.3 is 5.97 Å². The van der Waals surface area contributed by atoms with Crippen LogP contribution in [-0.2, 0) is 11.3 Å². The third-order valence-electron chi connectivity index (χ3n) is 4.89. The van der Waals surface area contributed by atoms with E-state index in [9.17, 15) is 9.90 Å². The highest BCUT2D eigenvalue weighted by atomic mass is 16.5. The van der Waals surface area contributed by atoms with Crippen LogP contribution in [0.15, 0.2) is 60.7 Å². The Labute approximate surface area is 161 Å². The van der Waals surface area contributed by atoms with E-state index in [0.717, 1.165) is 27.2 Å². The van der Waals surface area contributed by atoms with Crippen molar-refractivity contribution in [2.24, 2.45) is 5.73 Å². The number of aromatic hydroxyl groups is 1. The van der Waals surface area contributed by atoms with E-state index in [4.69, 9.17) is 15.9 Å². The molecule has 28 heavy (non-hydrogen) atoms. The Bertz CT molecular complexity index is 1240. The molecule has 4 aromatic rings. The molecule has 4 N–H and O–H groups in total. The summed E-state index contributed by atoms with van der Waals surface area (Å²) in [6.45, 7) is 0.428. The van der Waals surface area contributed by atoms with Crippen molar-refractivity contribution in [2.75, 3.05) is 7.11 Å². The molecule has 0 radical (unpaired) electrons. The molecule has 0 spiro atoms. The Morgan fingerprint density at radius 3 is 2.68 bits per heavy atom. The topological polar surface area (TPSA) is 101 Å². The molecule has 0 aliphatic rings. The average molecular weight is 373 g/mol. The first-order chi connectivity index (χ1) is 13.5. The smallest absolute Gasteiger partial charge is 0.354 e. The van der Waals surface area contributed by atoms with E-state index >= 15 is 0 Å². The van der Waals surface area contributed by atoms with E-state index in [-0.39, 0.29) is 11.6 Å². The maximum atomic E-state index is 12.4. The van der Waals surface area contributed by atoms with Gasteiger partial charge in [-0.2, -0.15) is 0 Å². The highest BCUT2D eigenvalue weighted by molar-refractivity contribution is 6.01. The highest BCUT2D eigenvalue weighted by Gasteiger charge is 2.18. The van der Waals surface area contributed by atoms with Gasteiger partial charge in [0.15, 0.2) is 0 Å². The molecule has 0 saturated heterocycles. The van der Waals surface area contributed by atoms with Crippen molar-refractivity contribution in [1.82, 2.24) is 4.57 Å². The Morgan fingerprint density at radius 2 is 1.93 bits per heavy atom. The van der Waals surface area contributed by atoms with Gasteiger partial charge in [-0.1, -0.05) is 36.4 Å². The largest absolute Gasteiger partial charge is 0.508 e. The lowest BCUT2D eigenvalue weighted by atomic mass is 10.0. The molecule has 6 nitrogen and oxygen atoms in total. The summed E-state index contributed by atoms with van der Waals surface area (Å²) in [4.78, 5) is 12.4. The van der Waals surface area contributed by atoms with E-state index in [0.29, 0.717) is 17.8 Å². The minimum absolute atomic E-state index is 0.0325. The van der Waals surface area contributed by atoms with Crippen LogP contribution in [0.3, 0.4) is 0 Å². The molecule has 0 atom stereocenters. The number of nitrogens with one attached hydrogen (secondary N) is 1. The van der Waals surface area contributed by atoms with Crippen LogP contribution in [0.5, 0.6) is 5.75 Å².